The van der Waals surface area contributed by atoms with Crippen molar-refractivity contribution in [3.8, 4) is 28.1 Å². The zero-order chi connectivity index (χ0) is 47.1. The Hall–Kier alpha value is -7.20. The van der Waals surface area contributed by atoms with Crippen LogP contribution in [-0.2, 0) is 43.5 Å². The summed E-state index contributed by atoms with van der Waals surface area (Å²) in [7, 11) is 4.17. The standard InChI is InChI=1S/C50H58N8O8/c1-9-30(4)23-57(48(60)45(56-50(62)65-8)32-13-11-10-12-14-32)25-42-51-22-40(53-42)34-15-17-36-35(19-34)28-66-41-21-37-33(20-38(36)41)16-18-39-46(37)54-43(52-39)26-58(24-31(5)27-63-6)47(59)44(29(2)3)55-49(61)64-7/h9-22,29-31,44-45H,1,23-28H2,2-8H3,(H,51,53)(H,52,54)(H,55,61)(H,56,62)/t30-,31+,44+,45-/m1/s1. The van der Waals surface area contributed by atoms with Crippen LogP contribution in [-0.4, -0.2) is 101 Å². The van der Waals surface area contributed by atoms with Crippen LogP contribution in [0.4, 0.5) is 9.59 Å². The van der Waals surface area contributed by atoms with Crippen LogP contribution < -0.4 is 15.4 Å². The molecule has 0 saturated heterocycles. The summed E-state index contributed by atoms with van der Waals surface area (Å²) in [6, 6.07) is 21.7. The third-order valence-electron chi connectivity index (χ3n) is 11.8. The predicted molar refractivity (Wildman–Crippen MR) is 251 cm³/mol. The van der Waals surface area contributed by atoms with Gasteiger partial charge in [-0.2, -0.15) is 0 Å². The molecule has 16 nitrogen and oxygen atoms in total. The average molecular weight is 899 g/mol. The number of H-pyrrole nitrogens is 2. The number of aromatic nitrogens is 4. The molecule has 66 heavy (non-hydrogen) atoms. The van der Waals surface area contributed by atoms with E-state index in [1.54, 1.807) is 41.3 Å². The van der Waals surface area contributed by atoms with Crippen molar-refractivity contribution in [1.82, 2.24) is 40.4 Å². The number of amides is 4. The monoisotopic (exact) mass is 898 g/mol. The Kier molecular flexibility index (Phi) is 14.7. The van der Waals surface area contributed by atoms with E-state index < -0.39 is 24.3 Å². The molecule has 0 saturated carbocycles. The third-order valence-corrected chi connectivity index (χ3v) is 11.8. The van der Waals surface area contributed by atoms with E-state index in [4.69, 9.17) is 23.9 Å². The Balaban J connectivity index is 1.12. The summed E-state index contributed by atoms with van der Waals surface area (Å²) in [4.78, 5) is 72.6. The number of rotatable bonds is 18. The molecule has 1 aliphatic heterocycles. The minimum atomic E-state index is -0.969. The molecule has 4 atom stereocenters. The Labute approximate surface area is 384 Å². The molecule has 2 aromatic heterocycles. The summed E-state index contributed by atoms with van der Waals surface area (Å²) in [5.74, 6) is 1.17. The molecule has 6 aromatic rings. The fourth-order valence-electron chi connectivity index (χ4n) is 8.32. The van der Waals surface area contributed by atoms with E-state index in [1.165, 1.54) is 14.2 Å². The number of ether oxygens (including phenoxy) is 4. The topological polar surface area (TPSA) is 193 Å². The molecule has 1 aliphatic rings. The summed E-state index contributed by atoms with van der Waals surface area (Å²) in [6.45, 7) is 13.6. The summed E-state index contributed by atoms with van der Waals surface area (Å²) in [5.41, 5.74) is 6.89. The number of methoxy groups -OCH3 is 3. The minimum Gasteiger partial charge on any atom is -0.488 e. The first kappa shape index (κ1) is 46.8. The van der Waals surface area contributed by atoms with Crippen LogP contribution in [0.25, 0.3) is 44.2 Å². The smallest absolute Gasteiger partial charge is 0.407 e. The number of hydrogen-bond donors (Lipinski definition) is 4. The number of imidazole rings is 2. The number of carbonyl (C=O) groups excluding carboxylic acids is 4. The Morgan fingerprint density at radius 3 is 2.27 bits per heavy atom. The van der Waals surface area contributed by atoms with Crippen molar-refractivity contribution >= 4 is 45.8 Å². The number of alkyl carbamates (subject to hydrolysis) is 2. The van der Waals surface area contributed by atoms with Gasteiger partial charge in [-0.3, -0.25) is 9.59 Å². The van der Waals surface area contributed by atoms with Crippen molar-refractivity contribution < 1.29 is 38.1 Å². The lowest BCUT2D eigenvalue weighted by Gasteiger charge is -2.30. The number of benzene rings is 4. The van der Waals surface area contributed by atoms with Gasteiger partial charge in [-0.15, -0.1) is 6.58 Å². The van der Waals surface area contributed by atoms with Gasteiger partial charge in [0.05, 0.1) is 56.8 Å². The third kappa shape index (κ3) is 10.5. The van der Waals surface area contributed by atoms with Crippen molar-refractivity contribution in [2.45, 2.75) is 59.5 Å². The molecular formula is C50H58N8O8. The van der Waals surface area contributed by atoms with E-state index in [9.17, 15) is 19.2 Å². The molecule has 0 aliphatic carbocycles. The lowest BCUT2D eigenvalue weighted by Crippen LogP contribution is -2.52. The highest BCUT2D eigenvalue weighted by molar-refractivity contribution is 6.07. The van der Waals surface area contributed by atoms with Gasteiger partial charge >= 0.3 is 12.2 Å². The maximum Gasteiger partial charge on any atom is 0.407 e. The second-order valence-electron chi connectivity index (χ2n) is 17.2. The Bertz CT molecular complexity index is 2710. The predicted octanol–water partition coefficient (Wildman–Crippen LogP) is 7.91. The van der Waals surface area contributed by atoms with Crippen molar-refractivity contribution in [3.05, 3.63) is 114 Å². The number of fused-ring (bicyclic) bond motifs is 6. The van der Waals surface area contributed by atoms with Crippen LogP contribution in [0.3, 0.4) is 0 Å². The van der Waals surface area contributed by atoms with Gasteiger partial charge in [0.1, 0.15) is 36.1 Å². The van der Waals surface area contributed by atoms with Gasteiger partial charge in [-0.25, -0.2) is 19.6 Å². The van der Waals surface area contributed by atoms with Crippen molar-refractivity contribution in [2.24, 2.45) is 17.8 Å². The van der Waals surface area contributed by atoms with E-state index in [1.807, 2.05) is 70.2 Å². The highest BCUT2D eigenvalue weighted by Crippen LogP contribution is 2.42. The molecule has 7 rings (SSSR count). The maximum absolute atomic E-state index is 14.2. The van der Waals surface area contributed by atoms with E-state index >= 15 is 0 Å². The van der Waals surface area contributed by atoms with E-state index in [-0.39, 0.29) is 42.7 Å². The summed E-state index contributed by atoms with van der Waals surface area (Å²) in [6.07, 6.45) is 2.16. The number of aromatic amines is 2. The SMILES string of the molecule is C=C[C@@H](C)CN(Cc1ncc(-c2ccc3c(c2)COc2cc4c(ccc5[nH]c(CN(C[C@H](C)COC)C(=O)[C@@H](NC(=O)OC)C(C)C)nc54)cc2-3)[nH]1)C(=O)[C@H](NC(=O)OC)c1ccccc1. The molecule has 346 valence electrons. The lowest BCUT2D eigenvalue weighted by atomic mass is 9.92. The van der Waals surface area contributed by atoms with Gasteiger partial charge in [-0.1, -0.05) is 82.3 Å². The van der Waals surface area contributed by atoms with E-state index in [2.05, 4.69) is 50.4 Å². The number of nitrogens with one attached hydrogen (secondary N) is 4. The van der Waals surface area contributed by atoms with Crippen molar-refractivity contribution in [3.63, 3.8) is 0 Å². The highest BCUT2D eigenvalue weighted by Gasteiger charge is 2.32. The number of carbonyl (C=O) groups is 4. The molecule has 4 aromatic carbocycles. The Morgan fingerprint density at radius 2 is 1.56 bits per heavy atom. The summed E-state index contributed by atoms with van der Waals surface area (Å²) < 4.78 is 21.5. The molecule has 0 unspecified atom stereocenters. The van der Waals surface area contributed by atoms with Gasteiger partial charge < -0.3 is 49.3 Å². The summed E-state index contributed by atoms with van der Waals surface area (Å²) in [5, 5.41) is 7.29. The van der Waals surface area contributed by atoms with Crippen molar-refractivity contribution in [1.29, 1.82) is 0 Å². The second kappa shape index (κ2) is 20.7. The largest absolute Gasteiger partial charge is 0.488 e. The van der Waals surface area contributed by atoms with Crippen LogP contribution in [0.15, 0.2) is 91.6 Å². The molecular weight excluding hydrogens is 841 g/mol. The molecule has 0 fully saturated rings. The molecule has 4 amide bonds. The quantitative estimate of drug-likeness (QED) is 0.0617. The van der Waals surface area contributed by atoms with Gasteiger partial charge in [0.2, 0.25) is 11.8 Å². The average Bonchev–Trinajstić information content (AvgIpc) is 3.98. The Morgan fingerprint density at radius 1 is 0.833 bits per heavy atom. The second-order valence-corrected chi connectivity index (χ2v) is 17.2. The van der Waals surface area contributed by atoms with E-state index in [0.717, 1.165) is 55.5 Å². The minimum absolute atomic E-state index is 0.0251. The molecule has 16 heteroatoms. The lowest BCUT2D eigenvalue weighted by molar-refractivity contribution is -0.136. The number of hydrogen-bond acceptors (Lipinski definition) is 10. The zero-order valence-corrected chi connectivity index (χ0v) is 38.5. The van der Waals surface area contributed by atoms with Gasteiger partial charge in [0.15, 0.2) is 0 Å². The van der Waals surface area contributed by atoms with Crippen LogP contribution >= 0.6 is 0 Å². The van der Waals surface area contributed by atoms with Gasteiger partial charge in [0, 0.05) is 31.1 Å². The van der Waals surface area contributed by atoms with Crippen molar-refractivity contribution in [2.75, 3.05) is 41.0 Å². The van der Waals surface area contributed by atoms with Crippen LogP contribution in [0, 0.1) is 17.8 Å². The molecule has 0 radical (unpaired) electrons. The van der Waals surface area contributed by atoms with E-state index in [0.29, 0.717) is 43.5 Å². The van der Waals surface area contributed by atoms with Crippen LogP contribution in [0.2, 0.25) is 0 Å². The van der Waals surface area contributed by atoms with Gasteiger partial charge in [-0.05, 0) is 69.7 Å². The molecule has 3 heterocycles. The van der Waals surface area contributed by atoms with Crippen LogP contribution in [0.1, 0.15) is 56.5 Å². The van der Waals surface area contributed by atoms with Gasteiger partial charge in [0.25, 0.3) is 0 Å². The zero-order valence-electron chi connectivity index (χ0n) is 38.5. The highest BCUT2D eigenvalue weighted by atomic mass is 16.5. The number of nitrogens with zero attached hydrogens (tertiary/aromatic N) is 4. The first-order valence-corrected chi connectivity index (χ1v) is 22.0. The molecule has 4 N–H and O–H groups in total. The maximum atomic E-state index is 14.2. The fraction of sp³-hybridized carbons (Fsp3) is 0.360. The molecule has 0 spiro atoms. The first-order chi connectivity index (χ1) is 31.8. The van der Waals surface area contributed by atoms with Crippen LogP contribution in [0.5, 0.6) is 5.75 Å². The first-order valence-electron chi connectivity index (χ1n) is 22.0. The normalized spacial score (nSPS) is 13.7. The fourth-order valence-corrected chi connectivity index (χ4v) is 8.32. The summed E-state index contributed by atoms with van der Waals surface area (Å²) >= 11 is 0. The molecule has 0 bridgehead atoms.